The summed E-state index contributed by atoms with van der Waals surface area (Å²) in [6, 6.07) is 5.58. The Labute approximate surface area is 117 Å². The molecule has 4 nitrogen and oxygen atoms in total. The van der Waals surface area contributed by atoms with Gasteiger partial charge in [-0.25, -0.2) is 0 Å². The van der Waals surface area contributed by atoms with E-state index in [-0.39, 0.29) is 29.3 Å². The molecule has 4 rings (SSSR count). The predicted molar refractivity (Wildman–Crippen MR) is 72.6 cm³/mol. The number of Topliss-reactive ketones (excluding diaryl/α,β-unsaturated/α-hetero) is 2. The van der Waals surface area contributed by atoms with Gasteiger partial charge >= 0.3 is 0 Å². The Morgan fingerprint density at radius 1 is 1.30 bits per heavy atom. The smallest absolute Gasteiger partial charge is 0.209 e. The fourth-order valence-electron chi connectivity index (χ4n) is 4.60. The average Bonchev–Trinajstić information content (AvgIpc) is 2.44. The molecular formula is C16H17NO3. The number of hydrogen-bond donors (Lipinski definition) is 2. The molecule has 1 saturated carbocycles. The van der Waals surface area contributed by atoms with Crippen LogP contribution in [0.3, 0.4) is 0 Å². The maximum Gasteiger partial charge on any atom is 0.209 e. The standard InChI is InChI=1S/C16H17NO3/c18-13-3-1-2-10-9(13)8-12-11-4-5-14(19)15(20)16(10,11)6-7-17-12/h1-3,11-12,17-18H,4-8H2/t11-,12+,16+/m0/s1. The molecule has 0 amide bonds. The summed E-state index contributed by atoms with van der Waals surface area (Å²) < 4.78 is 0. The van der Waals surface area contributed by atoms with E-state index in [4.69, 9.17) is 0 Å². The summed E-state index contributed by atoms with van der Waals surface area (Å²) in [4.78, 5) is 24.7. The third-order valence-electron chi connectivity index (χ3n) is 5.44. The lowest BCUT2D eigenvalue weighted by Crippen LogP contribution is -2.64. The van der Waals surface area contributed by atoms with Gasteiger partial charge in [-0.3, -0.25) is 9.59 Å². The Hall–Kier alpha value is -1.68. The number of phenols is 1. The number of benzene rings is 1. The SMILES string of the molecule is O=C1CC[C@H]2[C@H]3Cc4c(O)cccc4[C@@]2(CCN3)C1=O. The second kappa shape index (κ2) is 3.92. The molecule has 4 heteroatoms. The summed E-state index contributed by atoms with van der Waals surface area (Å²) in [5.74, 6) is -0.0273. The number of phenolic OH excluding ortho intramolecular Hbond substituents is 1. The Kier molecular flexibility index (Phi) is 2.37. The van der Waals surface area contributed by atoms with Crippen LogP contribution in [0.4, 0.5) is 0 Å². The lowest BCUT2D eigenvalue weighted by Gasteiger charge is -2.53. The van der Waals surface area contributed by atoms with E-state index in [1.807, 2.05) is 6.07 Å². The number of aromatic hydroxyl groups is 1. The van der Waals surface area contributed by atoms with Crippen LogP contribution in [0.5, 0.6) is 5.75 Å². The van der Waals surface area contributed by atoms with Gasteiger partial charge in [-0.05, 0) is 48.9 Å². The molecule has 20 heavy (non-hydrogen) atoms. The van der Waals surface area contributed by atoms with Gasteiger partial charge in [0, 0.05) is 12.5 Å². The van der Waals surface area contributed by atoms with Crippen LogP contribution < -0.4 is 5.32 Å². The summed E-state index contributed by atoms with van der Waals surface area (Å²) in [5, 5.41) is 13.6. The number of carbonyl (C=O) groups excluding carboxylic acids is 2. The number of carbonyl (C=O) groups is 2. The van der Waals surface area contributed by atoms with Gasteiger partial charge in [-0.1, -0.05) is 12.1 Å². The molecule has 3 aliphatic rings. The first kappa shape index (κ1) is 12.1. The second-order valence-electron chi connectivity index (χ2n) is 6.19. The summed E-state index contributed by atoms with van der Waals surface area (Å²) in [7, 11) is 0. The third-order valence-corrected chi connectivity index (χ3v) is 5.44. The topological polar surface area (TPSA) is 66.4 Å². The Balaban J connectivity index is 2.00. The molecule has 104 valence electrons. The molecule has 0 radical (unpaired) electrons. The molecule has 0 unspecified atom stereocenters. The molecule has 1 heterocycles. The first-order valence-electron chi connectivity index (χ1n) is 7.27. The van der Waals surface area contributed by atoms with E-state index in [0.717, 1.165) is 30.5 Å². The van der Waals surface area contributed by atoms with Crippen molar-refractivity contribution in [2.75, 3.05) is 6.54 Å². The van der Waals surface area contributed by atoms with Crippen molar-refractivity contribution in [3.8, 4) is 5.75 Å². The minimum Gasteiger partial charge on any atom is -0.508 e. The highest BCUT2D eigenvalue weighted by Gasteiger charge is 2.59. The third kappa shape index (κ3) is 1.30. The second-order valence-corrected chi connectivity index (χ2v) is 6.19. The maximum absolute atomic E-state index is 12.7. The summed E-state index contributed by atoms with van der Waals surface area (Å²) >= 11 is 0. The van der Waals surface area contributed by atoms with Crippen molar-refractivity contribution in [3.05, 3.63) is 29.3 Å². The minimum absolute atomic E-state index is 0.191. The molecule has 0 aromatic heterocycles. The van der Waals surface area contributed by atoms with E-state index in [1.54, 1.807) is 12.1 Å². The minimum atomic E-state index is -0.683. The molecule has 1 saturated heterocycles. The first-order chi connectivity index (χ1) is 9.64. The quantitative estimate of drug-likeness (QED) is 0.693. The normalized spacial score (nSPS) is 35.4. The van der Waals surface area contributed by atoms with Gasteiger partial charge in [0.1, 0.15) is 5.75 Å². The van der Waals surface area contributed by atoms with Crippen LogP contribution in [0, 0.1) is 5.92 Å². The maximum atomic E-state index is 12.7. The lowest BCUT2D eigenvalue weighted by atomic mass is 9.52. The van der Waals surface area contributed by atoms with Crippen LogP contribution in [-0.2, 0) is 21.4 Å². The van der Waals surface area contributed by atoms with Gasteiger partial charge in [-0.2, -0.15) is 0 Å². The van der Waals surface area contributed by atoms with Crippen molar-refractivity contribution in [2.45, 2.75) is 37.1 Å². The van der Waals surface area contributed by atoms with E-state index >= 15 is 0 Å². The number of hydrogen-bond acceptors (Lipinski definition) is 4. The highest BCUT2D eigenvalue weighted by atomic mass is 16.3. The fraction of sp³-hybridized carbons (Fsp3) is 0.500. The molecule has 3 atom stereocenters. The zero-order chi connectivity index (χ0) is 13.9. The molecule has 2 N–H and O–H groups in total. The van der Waals surface area contributed by atoms with E-state index < -0.39 is 5.41 Å². The summed E-state index contributed by atoms with van der Waals surface area (Å²) in [5.41, 5.74) is 1.07. The molecule has 2 aliphatic carbocycles. The van der Waals surface area contributed by atoms with Gasteiger partial charge in [0.25, 0.3) is 0 Å². The number of rotatable bonds is 0. The summed E-state index contributed by atoms with van der Waals surface area (Å²) in [6.45, 7) is 0.759. The van der Waals surface area contributed by atoms with Crippen LogP contribution >= 0.6 is 0 Å². The number of piperidine rings is 1. The van der Waals surface area contributed by atoms with Crippen molar-refractivity contribution in [1.29, 1.82) is 0 Å². The van der Waals surface area contributed by atoms with Crippen LogP contribution in [0.1, 0.15) is 30.4 Å². The Morgan fingerprint density at radius 2 is 2.15 bits per heavy atom. The molecule has 1 aliphatic heterocycles. The molecule has 2 bridgehead atoms. The van der Waals surface area contributed by atoms with E-state index in [9.17, 15) is 14.7 Å². The van der Waals surface area contributed by atoms with Gasteiger partial charge in [0.15, 0.2) is 5.78 Å². The number of fused-ring (bicyclic) bond motifs is 1. The van der Waals surface area contributed by atoms with Crippen LogP contribution in [0.2, 0.25) is 0 Å². The van der Waals surface area contributed by atoms with Crippen molar-refractivity contribution >= 4 is 11.6 Å². The fourth-order valence-corrected chi connectivity index (χ4v) is 4.60. The monoisotopic (exact) mass is 271 g/mol. The molecule has 1 aromatic carbocycles. The molecule has 1 aromatic rings. The summed E-state index contributed by atoms with van der Waals surface area (Å²) in [6.07, 6.45) is 2.56. The average molecular weight is 271 g/mol. The van der Waals surface area contributed by atoms with Crippen LogP contribution in [-0.4, -0.2) is 29.3 Å². The first-order valence-corrected chi connectivity index (χ1v) is 7.27. The van der Waals surface area contributed by atoms with Crippen molar-refractivity contribution in [3.63, 3.8) is 0 Å². The molecule has 0 spiro atoms. The highest BCUT2D eigenvalue weighted by molar-refractivity contribution is 6.41. The molecule has 2 fully saturated rings. The van der Waals surface area contributed by atoms with Gasteiger partial charge in [-0.15, -0.1) is 0 Å². The Bertz CT molecular complexity index is 624. The number of ketones is 2. The van der Waals surface area contributed by atoms with Gasteiger partial charge in [0.2, 0.25) is 5.78 Å². The van der Waals surface area contributed by atoms with E-state index in [0.29, 0.717) is 12.8 Å². The molecular weight excluding hydrogens is 254 g/mol. The van der Waals surface area contributed by atoms with Gasteiger partial charge in [0.05, 0.1) is 5.41 Å². The van der Waals surface area contributed by atoms with Crippen molar-refractivity contribution in [1.82, 2.24) is 5.32 Å². The van der Waals surface area contributed by atoms with Crippen molar-refractivity contribution < 1.29 is 14.7 Å². The Morgan fingerprint density at radius 3 is 3.00 bits per heavy atom. The lowest BCUT2D eigenvalue weighted by molar-refractivity contribution is -0.146. The van der Waals surface area contributed by atoms with Crippen LogP contribution in [0.15, 0.2) is 18.2 Å². The zero-order valence-electron chi connectivity index (χ0n) is 11.2. The highest BCUT2D eigenvalue weighted by Crippen LogP contribution is 2.52. The van der Waals surface area contributed by atoms with E-state index in [2.05, 4.69) is 5.32 Å². The van der Waals surface area contributed by atoms with E-state index in [1.165, 1.54) is 0 Å². The predicted octanol–water partition coefficient (Wildman–Crippen LogP) is 1.10. The van der Waals surface area contributed by atoms with Gasteiger partial charge < -0.3 is 10.4 Å². The zero-order valence-corrected chi connectivity index (χ0v) is 11.2. The van der Waals surface area contributed by atoms with Crippen LogP contribution in [0.25, 0.3) is 0 Å². The largest absolute Gasteiger partial charge is 0.508 e. The van der Waals surface area contributed by atoms with Crippen molar-refractivity contribution in [2.24, 2.45) is 5.92 Å². The number of nitrogens with one attached hydrogen (secondary N) is 1.